The van der Waals surface area contributed by atoms with Crippen LogP contribution in [0.5, 0.6) is 0 Å². The highest BCUT2D eigenvalue weighted by molar-refractivity contribution is 5.71. The maximum absolute atomic E-state index is 12.9. The predicted octanol–water partition coefficient (Wildman–Crippen LogP) is 21.2. The first-order valence-electron chi connectivity index (χ1n) is 31.0. The number of hydrogen-bond acceptors (Lipinski definition) is 6. The zero-order valence-electron chi connectivity index (χ0n) is 48.8. The molecule has 6 nitrogen and oxygen atoms in total. The third-order valence-corrected chi connectivity index (χ3v) is 12.9. The van der Waals surface area contributed by atoms with E-state index < -0.39 is 6.10 Å². The van der Waals surface area contributed by atoms with Crippen LogP contribution in [-0.4, -0.2) is 37.2 Å². The predicted molar refractivity (Wildman–Crippen MR) is 325 cm³/mol. The van der Waals surface area contributed by atoms with Crippen molar-refractivity contribution in [2.45, 2.75) is 284 Å². The Morgan fingerprint density at radius 3 is 0.827 bits per heavy atom. The molecular formula is C69H114O6. The van der Waals surface area contributed by atoms with Gasteiger partial charge in [0.15, 0.2) is 6.10 Å². The van der Waals surface area contributed by atoms with E-state index in [4.69, 9.17) is 14.2 Å². The van der Waals surface area contributed by atoms with E-state index >= 15 is 0 Å². The number of hydrogen-bond donors (Lipinski definition) is 0. The van der Waals surface area contributed by atoms with E-state index in [1.54, 1.807) is 0 Å². The molecule has 0 N–H and O–H groups in total. The second-order valence-corrected chi connectivity index (χ2v) is 20.2. The van der Waals surface area contributed by atoms with Crippen molar-refractivity contribution in [1.82, 2.24) is 0 Å². The van der Waals surface area contributed by atoms with E-state index in [0.29, 0.717) is 19.3 Å². The van der Waals surface area contributed by atoms with Crippen LogP contribution in [-0.2, 0) is 28.6 Å². The molecule has 1 atom stereocenters. The van der Waals surface area contributed by atoms with Gasteiger partial charge in [0.1, 0.15) is 13.2 Å². The van der Waals surface area contributed by atoms with Crippen molar-refractivity contribution in [3.63, 3.8) is 0 Å². The average Bonchev–Trinajstić information content (AvgIpc) is 3.41. The van der Waals surface area contributed by atoms with Crippen LogP contribution in [0, 0.1) is 0 Å². The van der Waals surface area contributed by atoms with Gasteiger partial charge in [-0.1, -0.05) is 251 Å². The Balaban J connectivity index is 4.47. The Kier molecular flexibility index (Phi) is 58.9. The third kappa shape index (κ3) is 60.6. The van der Waals surface area contributed by atoms with Gasteiger partial charge in [-0.2, -0.15) is 0 Å². The van der Waals surface area contributed by atoms with Crippen molar-refractivity contribution in [3.8, 4) is 0 Å². The molecular weight excluding hydrogens is 925 g/mol. The summed E-state index contributed by atoms with van der Waals surface area (Å²) < 4.78 is 16.9. The highest BCUT2D eigenvalue weighted by Gasteiger charge is 2.19. The van der Waals surface area contributed by atoms with Crippen molar-refractivity contribution < 1.29 is 28.6 Å². The lowest BCUT2D eigenvalue weighted by molar-refractivity contribution is -0.167. The smallest absolute Gasteiger partial charge is 0.306 e. The molecule has 0 aromatic heterocycles. The SMILES string of the molecule is CC/C=C\C/C=C\C/C=C\C/C=C\C/C=C\CCCCCCCC(=O)OCC(COC(=O)CCCCCCCCC/C=C\CCCCCCCC)OC(=O)CCCCCCCC/C=C\C/C=C\C/C=C\C/C=C\CC. The van der Waals surface area contributed by atoms with Crippen LogP contribution in [0.3, 0.4) is 0 Å². The largest absolute Gasteiger partial charge is 0.462 e. The van der Waals surface area contributed by atoms with E-state index in [1.807, 2.05) is 0 Å². The third-order valence-electron chi connectivity index (χ3n) is 12.9. The van der Waals surface area contributed by atoms with Crippen molar-refractivity contribution in [1.29, 1.82) is 0 Å². The summed E-state index contributed by atoms with van der Waals surface area (Å²) in [7, 11) is 0. The minimum atomic E-state index is -0.801. The Bertz CT molecular complexity index is 1570. The van der Waals surface area contributed by atoms with Crippen molar-refractivity contribution >= 4 is 17.9 Å². The van der Waals surface area contributed by atoms with Gasteiger partial charge in [-0.15, -0.1) is 0 Å². The highest BCUT2D eigenvalue weighted by atomic mass is 16.6. The van der Waals surface area contributed by atoms with Crippen molar-refractivity contribution in [2.75, 3.05) is 13.2 Å². The quantitative estimate of drug-likeness (QED) is 0.0261. The average molecular weight is 1040 g/mol. The summed E-state index contributed by atoms with van der Waals surface area (Å²) in [6, 6.07) is 0. The molecule has 0 saturated heterocycles. The number of unbranched alkanes of at least 4 members (excludes halogenated alkanes) is 24. The van der Waals surface area contributed by atoms with Gasteiger partial charge in [0.25, 0.3) is 0 Å². The van der Waals surface area contributed by atoms with E-state index in [2.05, 4.69) is 142 Å². The molecule has 0 aliphatic rings. The summed E-state index contributed by atoms with van der Waals surface area (Å²) in [5.41, 5.74) is 0. The summed E-state index contributed by atoms with van der Waals surface area (Å²) in [5.74, 6) is -0.929. The van der Waals surface area contributed by atoms with E-state index in [-0.39, 0.29) is 31.1 Å². The van der Waals surface area contributed by atoms with Crippen LogP contribution in [0.15, 0.2) is 122 Å². The molecule has 426 valence electrons. The molecule has 0 aliphatic carbocycles. The maximum Gasteiger partial charge on any atom is 0.306 e. The van der Waals surface area contributed by atoms with Gasteiger partial charge in [-0.25, -0.2) is 0 Å². The zero-order valence-corrected chi connectivity index (χ0v) is 48.8. The molecule has 0 rings (SSSR count). The van der Waals surface area contributed by atoms with Gasteiger partial charge in [0.2, 0.25) is 0 Å². The number of ether oxygens (including phenoxy) is 3. The molecule has 0 saturated carbocycles. The van der Waals surface area contributed by atoms with Crippen LogP contribution in [0.1, 0.15) is 278 Å². The van der Waals surface area contributed by atoms with Crippen LogP contribution in [0.4, 0.5) is 0 Å². The monoisotopic (exact) mass is 1040 g/mol. The number of carbonyl (C=O) groups is 3. The van der Waals surface area contributed by atoms with Crippen LogP contribution in [0.2, 0.25) is 0 Å². The maximum atomic E-state index is 12.9. The molecule has 6 heteroatoms. The van der Waals surface area contributed by atoms with Crippen LogP contribution < -0.4 is 0 Å². The zero-order chi connectivity index (χ0) is 54.3. The van der Waals surface area contributed by atoms with Gasteiger partial charge in [-0.3, -0.25) is 14.4 Å². The summed E-state index contributed by atoms with van der Waals surface area (Å²) in [6.07, 6.45) is 86.1. The first kappa shape index (κ1) is 70.8. The molecule has 0 fully saturated rings. The molecule has 1 unspecified atom stereocenters. The number of rotatable bonds is 55. The van der Waals surface area contributed by atoms with E-state index in [0.717, 1.165) is 148 Å². The summed E-state index contributed by atoms with van der Waals surface area (Å²) >= 11 is 0. The minimum absolute atomic E-state index is 0.0948. The molecule has 0 aromatic rings. The van der Waals surface area contributed by atoms with Gasteiger partial charge in [0, 0.05) is 19.3 Å². The highest BCUT2D eigenvalue weighted by Crippen LogP contribution is 2.15. The van der Waals surface area contributed by atoms with Crippen LogP contribution in [0.25, 0.3) is 0 Å². The first-order chi connectivity index (χ1) is 37.0. The Hall–Kier alpha value is -4.19. The van der Waals surface area contributed by atoms with Gasteiger partial charge >= 0.3 is 17.9 Å². The molecule has 75 heavy (non-hydrogen) atoms. The topological polar surface area (TPSA) is 78.9 Å². The number of allylic oxidation sites excluding steroid dienone is 20. The summed E-state index contributed by atoms with van der Waals surface area (Å²) in [6.45, 7) is 6.39. The van der Waals surface area contributed by atoms with Gasteiger partial charge in [0.05, 0.1) is 0 Å². The molecule has 0 aromatic carbocycles. The molecule has 0 spiro atoms. The fourth-order valence-corrected chi connectivity index (χ4v) is 8.34. The molecule has 0 radical (unpaired) electrons. The Morgan fingerprint density at radius 1 is 0.280 bits per heavy atom. The fraction of sp³-hybridized carbons (Fsp3) is 0.667. The lowest BCUT2D eigenvalue weighted by Gasteiger charge is -2.18. The first-order valence-corrected chi connectivity index (χ1v) is 31.0. The van der Waals surface area contributed by atoms with Crippen molar-refractivity contribution in [3.05, 3.63) is 122 Å². The van der Waals surface area contributed by atoms with Crippen LogP contribution >= 0.6 is 0 Å². The fourth-order valence-electron chi connectivity index (χ4n) is 8.34. The molecule has 0 amide bonds. The molecule has 0 heterocycles. The normalized spacial score (nSPS) is 12.9. The van der Waals surface area contributed by atoms with E-state index in [1.165, 1.54) is 89.9 Å². The van der Waals surface area contributed by atoms with Crippen molar-refractivity contribution in [2.24, 2.45) is 0 Å². The van der Waals surface area contributed by atoms with Gasteiger partial charge < -0.3 is 14.2 Å². The lowest BCUT2D eigenvalue weighted by Crippen LogP contribution is -2.30. The number of esters is 3. The summed E-state index contributed by atoms with van der Waals surface area (Å²) in [5, 5.41) is 0. The lowest BCUT2D eigenvalue weighted by atomic mass is 10.1. The standard InChI is InChI=1S/C69H114O6/c1-4-7-10-13-16-19-22-25-28-31-33-34-36-38-41-44-47-50-53-56-59-62-68(71)74-65-66(64-73-67(70)61-58-55-52-49-46-43-40-37-30-27-24-21-18-15-12-9-6-3)75-69(72)63-60-57-54-51-48-45-42-39-35-32-29-26-23-20-17-14-11-8-5-2/h7-8,10-11,16-17,19-20,25-30,33-35,38-39,41,66H,4-6,9,12-15,18,21-24,31-32,36-37,40,42-65H2,1-3H3/b10-7-,11-8-,19-16-,20-17-,28-25-,29-26-,30-27-,34-33-,39-35-,41-38-. The second-order valence-electron chi connectivity index (χ2n) is 20.2. The minimum Gasteiger partial charge on any atom is -0.462 e. The molecule has 0 bridgehead atoms. The Labute approximate surface area is 462 Å². The second kappa shape index (κ2) is 62.4. The Morgan fingerprint density at radius 2 is 0.520 bits per heavy atom. The van der Waals surface area contributed by atoms with Gasteiger partial charge in [-0.05, 0) is 128 Å². The molecule has 0 aliphatic heterocycles. The summed E-state index contributed by atoms with van der Waals surface area (Å²) in [4.78, 5) is 38.3. The van der Waals surface area contributed by atoms with E-state index in [9.17, 15) is 14.4 Å². The number of carbonyl (C=O) groups excluding carboxylic acids is 3.